The Kier molecular flexibility index (Phi) is 4.94. The van der Waals surface area contributed by atoms with Crippen molar-refractivity contribution in [3.05, 3.63) is 46.3 Å². The van der Waals surface area contributed by atoms with Gasteiger partial charge in [-0.25, -0.2) is 0 Å². The number of methoxy groups -OCH3 is 1. The number of fused-ring (bicyclic) bond motifs is 1. The zero-order valence-electron chi connectivity index (χ0n) is 14.7. The van der Waals surface area contributed by atoms with Gasteiger partial charge in [-0.3, -0.25) is 10.2 Å². The molecule has 0 saturated carbocycles. The normalized spacial score (nSPS) is 16.9. The van der Waals surface area contributed by atoms with Crippen molar-refractivity contribution < 1.29 is 9.53 Å². The summed E-state index contributed by atoms with van der Waals surface area (Å²) in [6.45, 7) is 4.19. The molecule has 7 heteroatoms. The topological polar surface area (TPSA) is 66.0 Å². The maximum Gasteiger partial charge on any atom is 0.259 e. The van der Waals surface area contributed by atoms with Crippen molar-refractivity contribution >= 4 is 28.5 Å². The third-order valence-corrected chi connectivity index (χ3v) is 5.09. The average molecular weight is 358 g/mol. The summed E-state index contributed by atoms with van der Waals surface area (Å²) in [5.41, 5.74) is 5.80. The molecule has 1 atom stereocenters. The summed E-state index contributed by atoms with van der Waals surface area (Å²) in [7, 11) is 3.40. The second-order valence-corrected chi connectivity index (χ2v) is 7.05. The number of nitrogens with one attached hydrogen (secondary N) is 2. The Labute approximate surface area is 151 Å². The molecule has 0 aliphatic carbocycles. The molecular formula is C18H22N4O2S. The molecule has 25 heavy (non-hydrogen) atoms. The van der Waals surface area contributed by atoms with Crippen molar-refractivity contribution in [1.82, 2.24) is 10.3 Å². The number of hydrazone groups is 1. The van der Waals surface area contributed by atoms with E-state index >= 15 is 0 Å². The Morgan fingerprint density at radius 1 is 1.36 bits per heavy atom. The largest absolute Gasteiger partial charge is 0.497 e. The Morgan fingerprint density at radius 2 is 2.08 bits per heavy atom. The molecule has 1 unspecified atom stereocenters. The highest BCUT2D eigenvalue weighted by atomic mass is 32.1. The van der Waals surface area contributed by atoms with E-state index in [-0.39, 0.29) is 12.2 Å². The number of ether oxygens (including phenoxy) is 1. The second-order valence-electron chi connectivity index (χ2n) is 6.17. The molecule has 0 spiro atoms. The summed E-state index contributed by atoms with van der Waals surface area (Å²) in [4.78, 5) is 14.3. The van der Waals surface area contributed by atoms with E-state index in [1.807, 2.05) is 24.3 Å². The van der Waals surface area contributed by atoms with Crippen molar-refractivity contribution in [1.29, 1.82) is 0 Å². The van der Waals surface area contributed by atoms with Gasteiger partial charge in [-0.2, -0.15) is 5.10 Å². The van der Waals surface area contributed by atoms with E-state index in [0.29, 0.717) is 5.92 Å². The Bertz CT molecular complexity index is 783. The quantitative estimate of drug-likeness (QED) is 0.636. The summed E-state index contributed by atoms with van der Waals surface area (Å²) in [6, 6.07) is 7.58. The van der Waals surface area contributed by atoms with Gasteiger partial charge in [0.15, 0.2) is 6.29 Å². The van der Waals surface area contributed by atoms with Gasteiger partial charge in [-0.1, -0.05) is 13.8 Å². The maximum absolute atomic E-state index is 12.7. The number of amides is 1. The number of nitrogens with zero attached hydrogens (tertiary/aromatic N) is 2. The van der Waals surface area contributed by atoms with Crippen LogP contribution in [0.25, 0.3) is 0 Å². The SMILES string of the molecule is COc1ccc(C=NNC2Nc3scc(C(C)C)c3C(=O)N2C)cc1. The molecule has 1 aromatic heterocycles. The molecule has 2 N–H and O–H groups in total. The minimum Gasteiger partial charge on any atom is -0.497 e. The molecule has 0 fully saturated rings. The van der Waals surface area contributed by atoms with E-state index in [2.05, 4.69) is 35.1 Å². The van der Waals surface area contributed by atoms with Crippen LogP contribution in [0.2, 0.25) is 0 Å². The van der Waals surface area contributed by atoms with Crippen LogP contribution in [-0.4, -0.2) is 37.5 Å². The maximum atomic E-state index is 12.7. The van der Waals surface area contributed by atoms with Crippen LogP contribution in [0.5, 0.6) is 5.75 Å². The van der Waals surface area contributed by atoms with Gasteiger partial charge < -0.3 is 15.0 Å². The van der Waals surface area contributed by atoms with E-state index in [1.54, 1.807) is 36.6 Å². The standard InChI is InChI=1S/C18H22N4O2S/c1-11(2)14-10-25-16-15(14)17(23)22(3)18(20-16)21-19-9-12-5-7-13(24-4)8-6-12/h5-11,18,20-21H,1-4H3. The zero-order valence-corrected chi connectivity index (χ0v) is 15.6. The molecular weight excluding hydrogens is 336 g/mol. The minimum atomic E-state index is -0.381. The van der Waals surface area contributed by atoms with Crippen molar-refractivity contribution in [2.75, 3.05) is 19.5 Å². The molecule has 0 saturated heterocycles. The number of rotatable bonds is 5. The van der Waals surface area contributed by atoms with Crippen LogP contribution in [0, 0.1) is 0 Å². The smallest absolute Gasteiger partial charge is 0.259 e. The van der Waals surface area contributed by atoms with Crippen LogP contribution in [-0.2, 0) is 0 Å². The highest BCUT2D eigenvalue weighted by Gasteiger charge is 2.33. The third kappa shape index (κ3) is 3.46. The predicted molar refractivity (Wildman–Crippen MR) is 102 cm³/mol. The average Bonchev–Trinajstić information content (AvgIpc) is 3.04. The summed E-state index contributed by atoms with van der Waals surface area (Å²) < 4.78 is 5.13. The number of anilines is 1. The number of benzene rings is 1. The lowest BCUT2D eigenvalue weighted by molar-refractivity contribution is 0.0711. The summed E-state index contributed by atoms with van der Waals surface area (Å²) in [6.07, 6.45) is 1.33. The van der Waals surface area contributed by atoms with Crippen molar-refractivity contribution in [3.63, 3.8) is 0 Å². The summed E-state index contributed by atoms with van der Waals surface area (Å²) in [5, 5.41) is 10.5. The number of thiophene rings is 1. The van der Waals surface area contributed by atoms with Gasteiger partial charge in [-0.05, 0) is 46.7 Å². The number of hydrogen-bond donors (Lipinski definition) is 2. The summed E-state index contributed by atoms with van der Waals surface area (Å²) in [5.74, 6) is 1.13. The van der Waals surface area contributed by atoms with Crippen LogP contribution in [0.4, 0.5) is 5.00 Å². The van der Waals surface area contributed by atoms with E-state index < -0.39 is 0 Å². The Hall–Kier alpha value is -2.54. The van der Waals surface area contributed by atoms with Crippen LogP contribution < -0.4 is 15.5 Å². The first kappa shape index (κ1) is 17.3. The number of hydrogen-bond acceptors (Lipinski definition) is 6. The second kappa shape index (κ2) is 7.14. The van der Waals surface area contributed by atoms with Crippen LogP contribution in [0.3, 0.4) is 0 Å². The Morgan fingerprint density at radius 3 is 2.72 bits per heavy atom. The van der Waals surface area contributed by atoms with Crippen LogP contribution in [0.1, 0.15) is 41.3 Å². The lowest BCUT2D eigenvalue weighted by atomic mass is 10.00. The monoisotopic (exact) mass is 358 g/mol. The van der Waals surface area contributed by atoms with Gasteiger partial charge in [0.05, 0.1) is 18.9 Å². The highest BCUT2D eigenvalue weighted by molar-refractivity contribution is 7.14. The van der Waals surface area contributed by atoms with E-state index in [4.69, 9.17) is 4.74 Å². The number of carbonyl (C=O) groups excluding carboxylic acids is 1. The first-order chi connectivity index (χ1) is 12.0. The van der Waals surface area contributed by atoms with E-state index in [0.717, 1.165) is 27.4 Å². The molecule has 1 aliphatic heterocycles. The Balaban J connectivity index is 1.71. The fourth-order valence-electron chi connectivity index (χ4n) is 2.63. The number of carbonyl (C=O) groups is 1. The minimum absolute atomic E-state index is 0.0100. The lowest BCUT2D eigenvalue weighted by Crippen LogP contribution is -2.52. The molecule has 2 heterocycles. The van der Waals surface area contributed by atoms with Gasteiger partial charge >= 0.3 is 0 Å². The molecule has 0 bridgehead atoms. The molecule has 6 nitrogen and oxygen atoms in total. The predicted octanol–water partition coefficient (Wildman–Crippen LogP) is 3.28. The molecule has 1 aromatic carbocycles. The molecule has 1 amide bonds. The molecule has 2 aromatic rings. The first-order valence-electron chi connectivity index (χ1n) is 8.09. The fourth-order valence-corrected chi connectivity index (χ4v) is 3.77. The van der Waals surface area contributed by atoms with E-state index in [9.17, 15) is 4.79 Å². The van der Waals surface area contributed by atoms with Gasteiger partial charge in [-0.15, -0.1) is 11.3 Å². The summed E-state index contributed by atoms with van der Waals surface area (Å²) >= 11 is 1.56. The van der Waals surface area contributed by atoms with Crippen molar-refractivity contribution in [2.45, 2.75) is 26.1 Å². The van der Waals surface area contributed by atoms with Gasteiger partial charge in [0, 0.05) is 7.05 Å². The van der Waals surface area contributed by atoms with Crippen LogP contribution in [0.15, 0.2) is 34.7 Å². The van der Waals surface area contributed by atoms with Crippen LogP contribution >= 0.6 is 11.3 Å². The molecule has 3 rings (SSSR count). The van der Waals surface area contributed by atoms with Gasteiger partial charge in [0.25, 0.3) is 5.91 Å². The fraction of sp³-hybridized carbons (Fsp3) is 0.333. The first-order valence-corrected chi connectivity index (χ1v) is 8.97. The lowest BCUT2D eigenvalue weighted by Gasteiger charge is -2.33. The zero-order chi connectivity index (χ0) is 18.0. The molecule has 1 aliphatic rings. The van der Waals surface area contributed by atoms with Gasteiger partial charge in [0.1, 0.15) is 10.8 Å². The third-order valence-electron chi connectivity index (χ3n) is 4.16. The highest BCUT2D eigenvalue weighted by Crippen LogP contribution is 2.36. The molecule has 0 radical (unpaired) electrons. The molecule has 132 valence electrons. The van der Waals surface area contributed by atoms with Crippen molar-refractivity contribution in [3.8, 4) is 5.75 Å². The van der Waals surface area contributed by atoms with Crippen molar-refractivity contribution in [2.24, 2.45) is 5.10 Å². The van der Waals surface area contributed by atoms with Gasteiger partial charge in [0.2, 0.25) is 0 Å². The van der Waals surface area contributed by atoms with E-state index in [1.165, 1.54) is 0 Å².